The number of fused-ring (bicyclic) bond motifs is 1. The summed E-state index contributed by atoms with van der Waals surface area (Å²) in [5.41, 5.74) is 3.77. The van der Waals surface area contributed by atoms with Gasteiger partial charge < -0.3 is 9.15 Å². The molecule has 3 aromatic carbocycles. The molecule has 0 aliphatic heterocycles. The summed E-state index contributed by atoms with van der Waals surface area (Å²) in [6.07, 6.45) is 2.01. The average molecular weight is 361 g/mol. The topological polar surface area (TPSA) is 35.3 Å². The lowest BCUT2D eigenvalue weighted by Gasteiger charge is -2.08. The van der Waals surface area contributed by atoms with Gasteiger partial charge in [0.05, 0.1) is 6.61 Å². The number of para-hydroxylation sites is 2. The quantitative estimate of drug-likeness (QED) is 0.369. The van der Waals surface area contributed by atoms with E-state index in [2.05, 4.69) is 11.9 Å². The number of aromatic nitrogens is 1. The maximum Gasteiger partial charge on any atom is 0.227 e. The maximum atomic E-state index is 14.5. The standard InChI is InChI=1S/C23H20FNO2/c1-2-3-14-26-18-12-13-19(20(24)15-18)16-8-10-17(11-9-16)23-25-21-6-4-5-7-22(21)27-23/h4-13,15H,2-3,14H2,1H3. The lowest BCUT2D eigenvalue weighted by molar-refractivity contribution is 0.308. The third-order valence-electron chi connectivity index (χ3n) is 4.44. The molecule has 1 heterocycles. The lowest BCUT2D eigenvalue weighted by Crippen LogP contribution is -1.97. The summed E-state index contributed by atoms with van der Waals surface area (Å²) in [6, 6.07) is 20.2. The fourth-order valence-electron chi connectivity index (χ4n) is 2.94. The minimum absolute atomic E-state index is 0.293. The molecule has 0 aliphatic rings. The van der Waals surface area contributed by atoms with Gasteiger partial charge in [-0.3, -0.25) is 0 Å². The van der Waals surface area contributed by atoms with Gasteiger partial charge >= 0.3 is 0 Å². The van der Waals surface area contributed by atoms with E-state index in [4.69, 9.17) is 9.15 Å². The predicted molar refractivity (Wildman–Crippen MR) is 105 cm³/mol. The molecule has 0 saturated carbocycles. The van der Waals surface area contributed by atoms with Crippen LogP contribution < -0.4 is 4.74 Å². The number of hydrogen-bond acceptors (Lipinski definition) is 3. The summed E-state index contributed by atoms with van der Waals surface area (Å²) in [6.45, 7) is 2.70. The number of nitrogens with zero attached hydrogens (tertiary/aromatic N) is 1. The van der Waals surface area contributed by atoms with E-state index in [1.165, 1.54) is 6.07 Å². The van der Waals surface area contributed by atoms with Crippen molar-refractivity contribution in [2.24, 2.45) is 0 Å². The summed E-state index contributed by atoms with van der Waals surface area (Å²) >= 11 is 0. The Bertz CT molecular complexity index is 1020. The Hall–Kier alpha value is -3.14. The molecule has 0 saturated heterocycles. The Labute approximate surface area is 157 Å². The van der Waals surface area contributed by atoms with Crippen LogP contribution >= 0.6 is 0 Å². The monoisotopic (exact) mass is 361 g/mol. The highest BCUT2D eigenvalue weighted by atomic mass is 19.1. The molecule has 4 heteroatoms. The lowest BCUT2D eigenvalue weighted by atomic mass is 10.0. The SMILES string of the molecule is CCCCOc1ccc(-c2ccc(-c3nc4ccccc4o3)cc2)c(F)c1. The fourth-order valence-corrected chi connectivity index (χ4v) is 2.94. The molecule has 3 nitrogen and oxygen atoms in total. The number of hydrogen-bond donors (Lipinski definition) is 0. The smallest absolute Gasteiger partial charge is 0.227 e. The van der Waals surface area contributed by atoms with Gasteiger partial charge in [-0.15, -0.1) is 0 Å². The van der Waals surface area contributed by atoms with Crippen LogP contribution in [0.15, 0.2) is 71.1 Å². The van der Waals surface area contributed by atoms with Crippen LogP contribution in [-0.4, -0.2) is 11.6 Å². The number of benzene rings is 3. The predicted octanol–water partition coefficient (Wildman–Crippen LogP) is 6.48. The minimum Gasteiger partial charge on any atom is -0.493 e. The molecular weight excluding hydrogens is 341 g/mol. The van der Waals surface area contributed by atoms with E-state index in [0.717, 1.165) is 35.1 Å². The second-order valence-electron chi connectivity index (χ2n) is 6.41. The van der Waals surface area contributed by atoms with Crippen LogP contribution in [-0.2, 0) is 0 Å². The highest BCUT2D eigenvalue weighted by molar-refractivity contribution is 5.76. The van der Waals surface area contributed by atoms with Crippen LogP contribution in [0.25, 0.3) is 33.7 Å². The molecule has 0 N–H and O–H groups in total. The Balaban J connectivity index is 1.56. The number of oxazole rings is 1. The number of ether oxygens (including phenoxy) is 1. The first-order chi connectivity index (χ1) is 13.2. The van der Waals surface area contributed by atoms with Crippen molar-refractivity contribution in [1.82, 2.24) is 4.98 Å². The molecular formula is C23H20FNO2. The molecule has 0 unspecified atom stereocenters. The molecule has 0 bridgehead atoms. The molecule has 136 valence electrons. The molecule has 1 aromatic heterocycles. The van der Waals surface area contributed by atoms with E-state index >= 15 is 0 Å². The number of halogens is 1. The fraction of sp³-hybridized carbons (Fsp3) is 0.174. The second kappa shape index (κ2) is 7.62. The molecule has 4 aromatic rings. The van der Waals surface area contributed by atoms with E-state index in [9.17, 15) is 4.39 Å². The molecule has 0 atom stereocenters. The molecule has 0 radical (unpaired) electrons. The van der Waals surface area contributed by atoms with Gasteiger partial charge in [-0.25, -0.2) is 9.37 Å². The van der Waals surface area contributed by atoms with Crippen molar-refractivity contribution in [3.05, 3.63) is 72.5 Å². The van der Waals surface area contributed by atoms with Gasteiger partial charge in [0.15, 0.2) is 5.58 Å². The third kappa shape index (κ3) is 3.70. The highest BCUT2D eigenvalue weighted by Gasteiger charge is 2.10. The zero-order chi connectivity index (χ0) is 18.6. The first kappa shape index (κ1) is 17.3. The van der Waals surface area contributed by atoms with Crippen LogP contribution in [0.1, 0.15) is 19.8 Å². The normalized spacial score (nSPS) is 11.0. The summed E-state index contributed by atoms with van der Waals surface area (Å²) in [4.78, 5) is 4.49. The van der Waals surface area contributed by atoms with E-state index in [-0.39, 0.29) is 5.82 Å². The second-order valence-corrected chi connectivity index (χ2v) is 6.41. The first-order valence-corrected chi connectivity index (χ1v) is 9.13. The Morgan fingerprint density at radius 2 is 1.74 bits per heavy atom. The van der Waals surface area contributed by atoms with Gasteiger partial charge in [0.1, 0.15) is 17.1 Å². The zero-order valence-electron chi connectivity index (χ0n) is 15.1. The van der Waals surface area contributed by atoms with Crippen LogP contribution in [0, 0.1) is 5.82 Å². The van der Waals surface area contributed by atoms with E-state index in [0.29, 0.717) is 23.8 Å². The number of unbranched alkanes of at least 4 members (excludes halogenated alkanes) is 1. The Morgan fingerprint density at radius 1 is 0.963 bits per heavy atom. The summed E-state index contributed by atoms with van der Waals surface area (Å²) in [5, 5.41) is 0. The van der Waals surface area contributed by atoms with E-state index < -0.39 is 0 Å². The zero-order valence-corrected chi connectivity index (χ0v) is 15.1. The third-order valence-corrected chi connectivity index (χ3v) is 4.44. The molecule has 0 aliphatic carbocycles. The van der Waals surface area contributed by atoms with Crippen LogP contribution in [0.3, 0.4) is 0 Å². The van der Waals surface area contributed by atoms with Gasteiger partial charge in [-0.05, 0) is 48.4 Å². The van der Waals surface area contributed by atoms with Crippen molar-refractivity contribution >= 4 is 11.1 Å². The van der Waals surface area contributed by atoms with Gasteiger partial charge in [0.25, 0.3) is 0 Å². The summed E-state index contributed by atoms with van der Waals surface area (Å²) in [7, 11) is 0. The largest absolute Gasteiger partial charge is 0.493 e. The summed E-state index contributed by atoms with van der Waals surface area (Å²) < 4.78 is 25.8. The maximum absolute atomic E-state index is 14.5. The van der Waals surface area contributed by atoms with Crippen molar-refractivity contribution in [1.29, 1.82) is 0 Å². The van der Waals surface area contributed by atoms with Crippen LogP contribution in [0.2, 0.25) is 0 Å². The van der Waals surface area contributed by atoms with Crippen LogP contribution in [0.4, 0.5) is 4.39 Å². The average Bonchev–Trinajstić information content (AvgIpc) is 3.13. The van der Waals surface area contributed by atoms with Gasteiger partial charge in [0, 0.05) is 17.2 Å². The molecule has 0 amide bonds. The first-order valence-electron chi connectivity index (χ1n) is 9.13. The van der Waals surface area contributed by atoms with E-state index in [1.54, 1.807) is 6.07 Å². The summed E-state index contributed by atoms with van der Waals surface area (Å²) in [5.74, 6) is 0.828. The molecule has 27 heavy (non-hydrogen) atoms. The van der Waals surface area contributed by atoms with Crippen molar-refractivity contribution in [2.45, 2.75) is 19.8 Å². The van der Waals surface area contributed by atoms with Gasteiger partial charge in [-0.1, -0.05) is 37.6 Å². The molecule has 0 fully saturated rings. The van der Waals surface area contributed by atoms with Crippen LogP contribution in [0.5, 0.6) is 5.75 Å². The van der Waals surface area contributed by atoms with Crippen molar-refractivity contribution in [3.8, 4) is 28.3 Å². The van der Waals surface area contributed by atoms with Crippen molar-refractivity contribution in [2.75, 3.05) is 6.61 Å². The highest BCUT2D eigenvalue weighted by Crippen LogP contribution is 2.29. The Kier molecular flexibility index (Phi) is 4.88. The molecule has 4 rings (SSSR count). The number of rotatable bonds is 6. The van der Waals surface area contributed by atoms with E-state index in [1.807, 2.05) is 54.6 Å². The van der Waals surface area contributed by atoms with Crippen molar-refractivity contribution in [3.63, 3.8) is 0 Å². The molecule has 0 spiro atoms. The van der Waals surface area contributed by atoms with Gasteiger partial charge in [0.2, 0.25) is 5.89 Å². The minimum atomic E-state index is -0.293. The van der Waals surface area contributed by atoms with Gasteiger partial charge in [-0.2, -0.15) is 0 Å². The Morgan fingerprint density at radius 3 is 2.48 bits per heavy atom. The van der Waals surface area contributed by atoms with Crippen molar-refractivity contribution < 1.29 is 13.5 Å².